The SMILES string of the molecule is NC1CCCCC1(N)C(=O)c1ccc(-c2ccncc2)cc1. The zero-order chi connectivity index (χ0) is 15.6. The van der Waals surface area contributed by atoms with E-state index in [0.29, 0.717) is 12.0 Å². The summed E-state index contributed by atoms with van der Waals surface area (Å²) < 4.78 is 0. The van der Waals surface area contributed by atoms with Gasteiger partial charge in [-0.15, -0.1) is 0 Å². The van der Waals surface area contributed by atoms with E-state index in [0.717, 1.165) is 30.4 Å². The second-order valence-corrected chi connectivity index (χ2v) is 6.04. The minimum Gasteiger partial charge on any atom is -0.326 e. The molecule has 0 bridgehead atoms. The molecule has 3 rings (SSSR count). The fourth-order valence-corrected chi connectivity index (χ4v) is 3.13. The fourth-order valence-electron chi connectivity index (χ4n) is 3.13. The summed E-state index contributed by atoms with van der Waals surface area (Å²) in [6, 6.07) is 11.2. The maximum Gasteiger partial charge on any atom is 0.184 e. The highest BCUT2D eigenvalue weighted by atomic mass is 16.1. The third-order valence-corrected chi connectivity index (χ3v) is 4.60. The number of Topliss-reactive ketones (excluding diaryl/α,β-unsaturated/α-hetero) is 1. The molecule has 1 saturated carbocycles. The molecule has 4 heteroatoms. The van der Waals surface area contributed by atoms with E-state index in [4.69, 9.17) is 11.5 Å². The van der Waals surface area contributed by atoms with Gasteiger partial charge < -0.3 is 11.5 Å². The summed E-state index contributed by atoms with van der Waals surface area (Å²) in [5.74, 6) is -0.0408. The predicted octanol–water partition coefficient (Wildman–Crippen LogP) is 2.53. The third-order valence-electron chi connectivity index (χ3n) is 4.60. The van der Waals surface area contributed by atoms with Gasteiger partial charge in [-0.2, -0.15) is 0 Å². The monoisotopic (exact) mass is 295 g/mol. The van der Waals surface area contributed by atoms with E-state index >= 15 is 0 Å². The first-order valence-electron chi connectivity index (χ1n) is 7.71. The highest BCUT2D eigenvalue weighted by molar-refractivity contribution is 6.04. The van der Waals surface area contributed by atoms with Gasteiger partial charge in [0.05, 0.1) is 5.54 Å². The van der Waals surface area contributed by atoms with E-state index in [9.17, 15) is 4.79 Å². The van der Waals surface area contributed by atoms with Crippen LogP contribution in [0.1, 0.15) is 36.0 Å². The van der Waals surface area contributed by atoms with Gasteiger partial charge in [-0.05, 0) is 36.1 Å². The zero-order valence-corrected chi connectivity index (χ0v) is 12.5. The lowest BCUT2D eigenvalue weighted by molar-refractivity contribution is 0.0823. The molecule has 4 nitrogen and oxygen atoms in total. The van der Waals surface area contributed by atoms with Crippen LogP contribution in [0.5, 0.6) is 0 Å². The summed E-state index contributed by atoms with van der Waals surface area (Å²) in [7, 11) is 0. The van der Waals surface area contributed by atoms with Crippen LogP contribution in [0.25, 0.3) is 11.1 Å². The standard InChI is InChI=1S/C18H21N3O/c19-16-3-1-2-10-18(16,20)17(22)15-6-4-13(5-7-15)14-8-11-21-12-9-14/h4-9,11-12,16H,1-3,10,19-20H2. The Labute approximate surface area is 130 Å². The fraction of sp³-hybridized carbons (Fsp3) is 0.333. The predicted molar refractivity (Wildman–Crippen MR) is 87.4 cm³/mol. The van der Waals surface area contributed by atoms with Gasteiger partial charge in [0, 0.05) is 24.0 Å². The molecule has 22 heavy (non-hydrogen) atoms. The number of nitrogens with zero attached hydrogens (tertiary/aromatic N) is 1. The van der Waals surface area contributed by atoms with Gasteiger partial charge in [0.15, 0.2) is 5.78 Å². The number of aromatic nitrogens is 1. The van der Waals surface area contributed by atoms with Crippen LogP contribution in [0.2, 0.25) is 0 Å². The Balaban J connectivity index is 1.85. The van der Waals surface area contributed by atoms with Crippen LogP contribution in [0, 0.1) is 0 Å². The lowest BCUT2D eigenvalue weighted by Gasteiger charge is -2.37. The molecule has 2 aromatic rings. The molecular formula is C18H21N3O. The van der Waals surface area contributed by atoms with Crippen LogP contribution in [-0.2, 0) is 0 Å². The number of benzene rings is 1. The Morgan fingerprint density at radius 2 is 1.68 bits per heavy atom. The molecule has 1 fully saturated rings. The third kappa shape index (κ3) is 2.67. The molecule has 114 valence electrons. The van der Waals surface area contributed by atoms with E-state index < -0.39 is 5.54 Å². The summed E-state index contributed by atoms with van der Waals surface area (Å²) in [5, 5.41) is 0. The van der Waals surface area contributed by atoms with E-state index in [2.05, 4.69) is 4.98 Å². The van der Waals surface area contributed by atoms with Gasteiger partial charge in [-0.3, -0.25) is 9.78 Å². The van der Waals surface area contributed by atoms with Crippen molar-refractivity contribution in [2.24, 2.45) is 11.5 Å². The molecule has 1 aliphatic carbocycles. The average molecular weight is 295 g/mol. The lowest BCUT2D eigenvalue weighted by atomic mass is 9.74. The summed E-state index contributed by atoms with van der Waals surface area (Å²) >= 11 is 0. The smallest absolute Gasteiger partial charge is 0.184 e. The number of hydrogen-bond acceptors (Lipinski definition) is 4. The van der Waals surface area contributed by atoms with E-state index in [-0.39, 0.29) is 11.8 Å². The summed E-state index contributed by atoms with van der Waals surface area (Å²) in [5.41, 5.74) is 14.3. The summed E-state index contributed by atoms with van der Waals surface area (Å²) in [6.07, 6.45) is 7.00. The molecule has 1 aliphatic rings. The van der Waals surface area contributed by atoms with Crippen molar-refractivity contribution in [3.8, 4) is 11.1 Å². The first-order valence-corrected chi connectivity index (χ1v) is 7.71. The average Bonchev–Trinajstić information content (AvgIpc) is 2.58. The van der Waals surface area contributed by atoms with Crippen molar-refractivity contribution in [3.05, 3.63) is 54.4 Å². The largest absolute Gasteiger partial charge is 0.326 e. The number of rotatable bonds is 3. The van der Waals surface area contributed by atoms with E-state index in [1.165, 1.54) is 0 Å². The topological polar surface area (TPSA) is 82.0 Å². The first-order chi connectivity index (χ1) is 10.6. The molecule has 2 unspecified atom stereocenters. The molecule has 0 spiro atoms. The van der Waals surface area contributed by atoms with Crippen molar-refractivity contribution in [3.63, 3.8) is 0 Å². The number of carbonyl (C=O) groups is 1. The van der Waals surface area contributed by atoms with Crippen LogP contribution < -0.4 is 11.5 Å². The minimum absolute atomic E-state index is 0.0408. The molecule has 2 atom stereocenters. The van der Waals surface area contributed by atoms with Crippen molar-refractivity contribution in [1.29, 1.82) is 0 Å². The lowest BCUT2D eigenvalue weighted by Crippen LogP contribution is -2.62. The van der Waals surface area contributed by atoms with Gasteiger partial charge in [0.25, 0.3) is 0 Å². The van der Waals surface area contributed by atoms with Crippen LogP contribution in [0.4, 0.5) is 0 Å². The van der Waals surface area contributed by atoms with Gasteiger partial charge >= 0.3 is 0 Å². The van der Waals surface area contributed by atoms with Crippen LogP contribution in [0.3, 0.4) is 0 Å². The normalized spacial score (nSPS) is 24.9. The quantitative estimate of drug-likeness (QED) is 0.852. The second kappa shape index (κ2) is 5.99. The van der Waals surface area contributed by atoms with Crippen LogP contribution >= 0.6 is 0 Å². The van der Waals surface area contributed by atoms with Crippen molar-refractivity contribution >= 4 is 5.78 Å². The molecule has 0 aliphatic heterocycles. The molecule has 0 saturated heterocycles. The summed E-state index contributed by atoms with van der Waals surface area (Å²) in [4.78, 5) is 16.8. The Morgan fingerprint density at radius 1 is 1.05 bits per heavy atom. The summed E-state index contributed by atoms with van der Waals surface area (Å²) in [6.45, 7) is 0. The molecule has 1 aromatic carbocycles. The molecule has 4 N–H and O–H groups in total. The van der Waals surface area contributed by atoms with Crippen LogP contribution in [-0.4, -0.2) is 22.3 Å². The van der Waals surface area contributed by atoms with Gasteiger partial charge in [-0.25, -0.2) is 0 Å². The second-order valence-electron chi connectivity index (χ2n) is 6.04. The van der Waals surface area contributed by atoms with Crippen LogP contribution in [0.15, 0.2) is 48.8 Å². The molecule has 0 amide bonds. The van der Waals surface area contributed by atoms with Crippen molar-refractivity contribution in [1.82, 2.24) is 4.98 Å². The Bertz CT molecular complexity index is 654. The van der Waals surface area contributed by atoms with Gasteiger partial charge in [0.1, 0.15) is 0 Å². The zero-order valence-electron chi connectivity index (χ0n) is 12.5. The highest BCUT2D eigenvalue weighted by Crippen LogP contribution is 2.29. The van der Waals surface area contributed by atoms with Crippen molar-refractivity contribution in [2.45, 2.75) is 37.3 Å². The first kappa shape index (κ1) is 14.9. The Kier molecular flexibility index (Phi) is 4.05. The number of hydrogen-bond donors (Lipinski definition) is 2. The maximum absolute atomic E-state index is 12.8. The molecule has 1 heterocycles. The number of ketones is 1. The van der Waals surface area contributed by atoms with Gasteiger partial charge in [0.2, 0.25) is 0 Å². The van der Waals surface area contributed by atoms with Gasteiger partial charge in [-0.1, -0.05) is 37.1 Å². The van der Waals surface area contributed by atoms with Crippen molar-refractivity contribution in [2.75, 3.05) is 0 Å². The highest BCUT2D eigenvalue weighted by Gasteiger charge is 2.41. The number of nitrogens with two attached hydrogens (primary N) is 2. The minimum atomic E-state index is -0.920. The molecule has 0 radical (unpaired) electrons. The molecular weight excluding hydrogens is 274 g/mol. The van der Waals surface area contributed by atoms with E-state index in [1.807, 2.05) is 36.4 Å². The Morgan fingerprint density at radius 3 is 2.32 bits per heavy atom. The molecule has 1 aromatic heterocycles. The van der Waals surface area contributed by atoms with Crippen molar-refractivity contribution < 1.29 is 4.79 Å². The Hall–Kier alpha value is -2.04. The number of carbonyl (C=O) groups excluding carboxylic acids is 1. The maximum atomic E-state index is 12.8. The number of pyridine rings is 1. The van der Waals surface area contributed by atoms with E-state index in [1.54, 1.807) is 12.4 Å².